The van der Waals surface area contributed by atoms with Gasteiger partial charge in [0, 0.05) is 11.3 Å². The van der Waals surface area contributed by atoms with Crippen molar-refractivity contribution >= 4 is 34.8 Å². The molecule has 0 bridgehead atoms. The van der Waals surface area contributed by atoms with Crippen molar-refractivity contribution in [3.05, 3.63) is 77.3 Å². The number of halogens is 2. The third kappa shape index (κ3) is 6.09. The number of nitrogens with zero attached hydrogens (tertiary/aromatic N) is 2. The van der Waals surface area contributed by atoms with Crippen LogP contribution in [0.25, 0.3) is 5.57 Å². The summed E-state index contributed by atoms with van der Waals surface area (Å²) in [5.74, 6) is 6.15. The fourth-order valence-corrected chi connectivity index (χ4v) is 4.08. The van der Waals surface area contributed by atoms with Gasteiger partial charge in [0.15, 0.2) is 0 Å². The summed E-state index contributed by atoms with van der Waals surface area (Å²) in [5, 5.41) is 0. The Labute approximate surface area is 192 Å². The van der Waals surface area contributed by atoms with Crippen LogP contribution in [0.1, 0.15) is 17.0 Å². The Morgan fingerprint density at radius 1 is 0.844 bits per heavy atom. The van der Waals surface area contributed by atoms with E-state index in [1.807, 2.05) is 42.5 Å². The van der Waals surface area contributed by atoms with E-state index in [0.29, 0.717) is 28.4 Å². The predicted octanol–water partition coefficient (Wildman–Crippen LogP) is 6.14. The molecule has 0 N–H and O–H groups in total. The molecule has 32 heavy (non-hydrogen) atoms. The first-order valence-corrected chi connectivity index (χ1v) is 17.6. The van der Waals surface area contributed by atoms with Gasteiger partial charge in [-0.15, -0.1) is 11.1 Å². The monoisotopic (exact) mass is 460 g/mol. The minimum absolute atomic E-state index is 0.316. The number of rotatable bonds is 3. The van der Waals surface area contributed by atoms with Crippen LogP contribution >= 0.6 is 0 Å². The van der Waals surface area contributed by atoms with E-state index in [1.165, 1.54) is 0 Å². The molecule has 1 aromatic heterocycles. The number of hydrogen-bond donors (Lipinski definition) is 0. The van der Waals surface area contributed by atoms with Gasteiger partial charge in [0.25, 0.3) is 0 Å². The predicted molar refractivity (Wildman–Crippen MR) is 138 cm³/mol. The molecule has 0 aliphatic carbocycles. The van der Waals surface area contributed by atoms with Crippen molar-refractivity contribution in [1.29, 1.82) is 0 Å². The number of benzene rings is 1. The van der Waals surface area contributed by atoms with E-state index in [-0.39, 0.29) is 0 Å². The number of aromatic nitrogens is 1. The smallest absolute Gasteiger partial charge is 0.318 e. The van der Waals surface area contributed by atoms with Crippen LogP contribution in [0.2, 0.25) is 39.3 Å². The molecule has 3 rings (SSSR count). The van der Waals surface area contributed by atoms with Gasteiger partial charge in [0.05, 0.1) is 11.4 Å². The molecule has 2 nitrogen and oxygen atoms in total. The zero-order chi connectivity index (χ0) is 23.5. The third-order valence-corrected chi connectivity index (χ3v) is 6.21. The summed E-state index contributed by atoms with van der Waals surface area (Å²) >= 11 is 0. The average molecular weight is 460 g/mol. The molecular formula is C25H27BF2N2Si2. The van der Waals surface area contributed by atoms with Crippen LogP contribution in [0.15, 0.2) is 65.3 Å². The molecule has 0 radical (unpaired) electrons. The standard InChI is InChI=1S/C25H27BF2N2Si2/c1-31(2,3)18-16-21-12-14-23(29-21)25(20-10-8-7-9-11-20)24-15-13-22(30(24)26(27)28)17-19-32(4,5)6/h7-15H,1-6H3/b25-23+. The van der Waals surface area contributed by atoms with Crippen LogP contribution in [0, 0.1) is 22.9 Å². The van der Waals surface area contributed by atoms with Crippen LogP contribution < -0.4 is 0 Å². The Morgan fingerprint density at radius 2 is 1.47 bits per heavy atom. The van der Waals surface area contributed by atoms with Gasteiger partial charge in [0.2, 0.25) is 0 Å². The fourth-order valence-electron chi connectivity index (χ4n) is 3.07. The first-order chi connectivity index (χ1) is 14.9. The maximum atomic E-state index is 14.2. The van der Waals surface area contributed by atoms with Gasteiger partial charge >= 0.3 is 7.40 Å². The van der Waals surface area contributed by atoms with E-state index in [4.69, 9.17) is 0 Å². The van der Waals surface area contributed by atoms with Crippen molar-refractivity contribution in [3.8, 4) is 22.9 Å². The number of aliphatic imine (C=N–C) groups is 1. The second-order valence-electron chi connectivity index (χ2n) is 9.71. The van der Waals surface area contributed by atoms with Crippen molar-refractivity contribution in [1.82, 2.24) is 4.48 Å². The summed E-state index contributed by atoms with van der Waals surface area (Å²) in [6, 6.07) is 12.9. The Morgan fingerprint density at radius 3 is 2.06 bits per heavy atom. The Bertz CT molecular complexity index is 1220. The highest BCUT2D eigenvalue weighted by Crippen LogP contribution is 2.32. The molecule has 1 aromatic carbocycles. The van der Waals surface area contributed by atoms with E-state index in [1.54, 1.807) is 12.1 Å². The number of hydrogen-bond acceptors (Lipinski definition) is 1. The summed E-state index contributed by atoms with van der Waals surface area (Å²) < 4.78 is 29.5. The minimum Gasteiger partial charge on any atom is -0.318 e. The first kappa shape index (κ1) is 23.8. The van der Waals surface area contributed by atoms with Crippen LogP contribution in [-0.4, -0.2) is 33.7 Å². The Hall–Kier alpha value is -2.87. The molecule has 0 spiro atoms. The summed E-state index contributed by atoms with van der Waals surface area (Å²) in [4.78, 5) is 4.69. The van der Waals surface area contributed by atoms with E-state index < -0.39 is 23.5 Å². The molecule has 1 aliphatic heterocycles. The van der Waals surface area contributed by atoms with Gasteiger partial charge in [-0.2, -0.15) is 0 Å². The molecule has 0 amide bonds. The molecule has 0 unspecified atom stereocenters. The largest absolute Gasteiger partial charge is 0.678 e. The fraction of sp³-hybridized carbons (Fsp3) is 0.240. The third-order valence-electron chi connectivity index (χ3n) is 4.46. The molecule has 2 aromatic rings. The number of allylic oxidation sites excluding steroid dienone is 2. The lowest BCUT2D eigenvalue weighted by molar-refractivity contribution is 0.627. The van der Waals surface area contributed by atoms with E-state index in [9.17, 15) is 8.63 Å². The van der Waals surface area contributed by atoms with Gasteiger partial charge in [-0.1, -0.05) is 81.5 Å². The van der Waals surface area contributed by atoms with Crippen LogP contribution in [0.5, 0.6) is 0 Å². The van der Waals surface area contributed by atoms with Crippen molar-refractivity contribution in [2.24, 2.45) is 4.99 Å². The van der Waals surface area contributed by atoms with Crippen LogP contribution in [0.4, 0.5) is 8.63 Å². The molecule has 2 heterocycles. The summed E-state index contributed by atoms with van der Waals surface area (Å²) in [6.07, 6.45) is 3.71. The normalized spacial score (nSPS) is 14.8. The van der Waals surface area contributed by atoms with Gasteiger partial charge in [-0.3, -0.25) is 8.63 Å². The molecule has 0 atom stereocenters. The van der Waals surface area contributed by atoms with Crippen molar-refractivity contribution < 1.29 is 8.63 Å². The van der Waals surface area contributed by atoms with E-state index >= 15 is 0 Å². The summed E-state index contributed by atoms with van der Waals surface area (Å²) in [7, 11) is -5.99. The SMILES string of the molecule is C[Si](C)(C)C#CC1=N/C(=C(\c2ccccc2)c2ccc(C#C[Si](C)(C)C)n2B(F)F)C=C1. The molecule has 0 saturated heterocycles. The average Bonchev–Trinajstić information content (AvgIpc) is 3.32. The van der Waals surface area contributed by atoms with Crippen LogP contribution in [-0.2, 0) is 0 Å². The topological polar surface area (TPSA) is 17.3 Å². The summed E-state index contributed by atoms with van der Waals surface area (Å²) in [6.45, 7) is 12.8. The van der Waals surface area contributed by atoms with E-state index in [0.717, 1.165) is 10.0 Å². The highest BCUT2D eigenvalue weighted by atomic mass is 28.3. The van der Waals surface area contributed by atoms with Gasteiger partial charge < -0.3 is 4.48 Å². The second kappa shape index (κ2) is 9.32. The molecular weight excluding hydrogens is 433 g/mol. The van der Waals surface area contributed by atoms with Gasteiger partial charge in [0.1, 0.15) is 21.9 Å². The zero-order valence-corrected chi connectivity index (χ0v) is 21.4. The molecule has 7 heteroatoms. The highest BCUT2D eigenvalue weighted by Gasteiger charge is 2.27. The zero-order valence-electron chi connectivity index (χ0n) is 19.4. The van der Waals surface area contributed by atoms with Crippen molar-refractivity contribution in [2.75, 3.05) is 0 Å². The van der Waals surface area contributed by atoms with Crippen molar-refractivity contribution in [3.63, 3.8) is 0 Å². The van der Waals surface area contributed by atoms with Crippen molar-refractivity contribution in [2.45, 2.75) is 39.3 Å². The molecule has 0 saturated carbocycles. The second-order valence-corrected chi connectivity index (χ2v) is 19.2. The van der Waals surface area contributed by atoms with Gasteiger partial charge in [-0.05, 0) is 29.8 Å². The molecule has 1 aliphatic rings. The quantitative estimate of drug-likeness (QED) is 0.387. The molecule has 162 valence electrons. The highest BCUT2D eigenvalue weighted by molar-refractivity contribution is 6.84. The maximum absolute atomic E-state index is 14.2. The Kier molecular flexibility index (Phi) is 6.93. The first-order valence-electron chi connectivity index (χ1n) is 10.6. The lowest BCUT2D eigenvalue weighted by Gasteiger charge is -2.14. The molecule has 0 fully saturated rings. The lowest BCUT2D eigenvalue weighted by Crippen LogP contribution is -2.20. The lowest BCUT2D eigenvalue weighted by atomic mass is 9.99. The van der Waals surface area contributed by atoms with Gasteiger partial charge in [-0.25, -0.2) is 4.99 Å². The van der Waals surface area contributed by atoms with E-state index in [2.05, 4.69) is 67.2 Å². The minimum atomic E-state index is -2.72. The van der Waals surface area contributed by atoms with Crippen LogP contribution in [0.3, 0.4) is 0 Å². The Balaban J connectivity index is 2.22. The summed E-state index contributed by atoms with van der Waals surface area (Å²) in [5.41, 5.74) is 9.97. The maximum Gasteiger partial charge on any atom is 0.678 e.